The molecule has 1 unspecified atom stereocenters. The van der Waals surface area contributed by atoms with Crippen molar-refractivity contribution in [3.8, 4) is 5.75 Å². The minimum absolute atomic E-state index is 0.236. The molecule has 0 aromatic heterocycles. The van der Waals surface area contributed by atoms with Gasteiger partial charge >= 0.3 is 0 Å². The van der Waals surface area contributed by atoms with Crippen LogP contribution in [0, 0.1) is 5.92 Å². The van der Waals surface area contributed by atoms with Gasteiger partial charge in [0.15, 0.2) is 0 Å². The van der Waals surface area contributed by atoms with Gasteiger partial charge in [-0.1, -0.05) is 36.7 Å². The van der Waals surface area contributed by atoms with E-state index in [1.165, 1.54) is 0 Å². The fourth-order valence-electron chi connectivity index (χ4n) is 2.09. The molecule has 1 aromatic rings. The van der Waals surface area contributed by atoms with E-state index in [9.17, 15) is 5.11 Å². The number of phenolic OH excluding ortho intramolecular Hbond substituents is 1. The van der Waals surface area contributed by atoms with Crippen LogP contribution in [0.2, 0.25) is 0 Å². The lowest BCUT2D eigenvalue weighted by atomic mass is 10.0. The molecule has 0 radical (unpaired) electrons. The van der Waals surface area contributed by atoms with Gasteiger partial charge in [-0.3, -0.25) is 4.90 Å². The predicted molar refractivity (Wildman–Crippen MR) is 76.3 cm³/mol. The molecule has 0 saturated carbocycles. The molecule has 2 nitrogen and oxygen atoms in total. The summed E-state index contributed by atoms with van der Waals surface area (Å²) in [4.78, 5) is 2.38. The maximum Gasteiger partial charge on any atom is 0.120 e. The molecular formula is C14H22BrNO. The van der Waals surface area contributed by atoms with Crippen molar-refractivity contribution in [1.29, 1.82) is 0 Å². The summed E-state index contributed by atoms with van der Waals surface area (Å²) in [6.45, 7) is 10.8. The smallest absolute Gasteiger partial charge is 0.120 e. The molecule has 3 heteroatoms. The summed E-state index contributed by atoms with van der Waals surface area (Å²) < 4.78 is 1.01. The van der Waals surface area contributed by atoms with Crippen molar-refractivity contribution in [3.05, 3.63) is 28.2 Å². The van der Waals surface area contributed by atoms with Crippen molar-refractivity contribution in [3.63, 3.8) is 0 Å². The second kappa shape index (κ2) is 6.41. The van der Waals surface area contributed by atoms with E-state index >= 15 is 0 Å². The highest BCUT2D eigenvalue weighted by molar-refractivity contribution is 9.10. The molecule has 0 aliphatic rings. The van der Waals surface area contributed by atoms with Gasteiger partial charge < -0.3 is 5.11 Å². The Bertz CT molecular complexity index is 365. The molecule has 0 fully saturated rings. The van der Waals surface area contributed by atoms with Crippen LogP contribution in [0.3, 0.4) is 0 Å². The minimum atomic E-state index is 0.236. The quantitative estimate of drug-likeness (QED) is 0.881. The Morgan fingerprint density at radius 1 is 1.29 bits per heavy atom. The molecular weight excluding hydrogens is 278 g/mol. The van der Waals surface area contributed by atoms with Gasteiger partial charge in [0, 0.05) is 22.6 Å². The summed E-state index contributed by atoms with van der Waals surface area (Å²) in [5.74, 6) is 1.01. The number of hydrogen-bond donors (Lipinski definition) is 1. The summed E-state index contributed by atoms with van der Waals surface area (Å²) in [6, 6.07) is 5.85. The third kappa shape index (κ3) is 4.00. The van der Waals surface area contributed by atoms with E-state index in [4.69, 9.17) is 0 Å². The second-order valence-electron chi connectivity index (χ2n) is 4.86. The van der Waals surface area contributed by atoms with Crippen LogP contribution in [-0.2, 0) is 0 Å². The first-order valence-corrected chi connectivity index (χ1v) is 6.97. The van der Waals surface area contributed by atoms with Crippen LogP contribution in [0.5, 0.6) is 5.75 Å². The molecule has 0 amide bonds. The standard InChI is InChI=1S/C14H22BrNO/c1-5-16(9-10(2)3)11(4)13-8-12(15)6-7-14(13)17/h6-8,10-11,17H,5,9H2,1-4H3. The Kier molecular flexibility index (Phi) is 5.47. The molecule has 0 spiro atoms. The van der Waals surface area contributed by atoms with Crippen molar-refractivity contribution in [1.82, 2.24) is 4.90 Å². The molecule has 0 aliphatic heterocycles. The number of nitrogens with zero attached hydrogens (tertiary/aromatic N) is 1. The van der Waals surface area contributed by atoms with E-state index in [0.717, 1.165) is 23.1 Å². The Morgan fingerprint density at radius 2 is 1.94 bits per heavy atom. The highest BCUT2D eigenvalue weighted by atomic mass is 79.9. The normalized spacial score (nSPS) is 13.4. The van der Waals surface area contributed by atoms with Crippen molar-refractivity contribution in [2.24, 2.45) is 5.92 Å². The van der Waals surface area contributed by atoms with Gasteiger partial charge in [-0.25, -0.2) is 0 Å². The van der Waals surface area contributed by atoms with Gasteiger partial charge in [-0.2, -0.15) is 0 Å². The van der Waals surface area contributed by atoms with Crippen LogP contribution in [0.15, 0.2) is 22.7 Å². The highest BCUT2D eigenvalue weighted by Crippen LogP contribution is 2.31. The SMILES string of the molecule is CCN(CC(C)C)C(C)c1cc(Br)ccc1O. The third-order valence-corrected chi connectivity index (χ3v) is 3.49. The third-order valence-electron chi connectivity index (χ3n) is 2.99. The Balaban J connectivity index is 2.92. The van der Waals surface area contributed by atoms with Crippen LogP contribution >= 0.6 is 15.9 Å². The van der Waals surface area contributed by atoms with Crippen molar-refractivity contribution < 1.29 is 5.11 Å². The number of aromatic hydroxyl groups is 1. The second-order valence-corrected chi connectivity index (χ2v) is 5.78. The molecule has 1 N–H and O–H groups in total. The molecule has 0 bridgehead atoms. The van der Waals surface area contributed by atoms with E-state index in [0.29, 0.717) is 11.7 Å². The Labute approximate surface area is 113 Å². The minimum Gasteiger partial charge on any atom is -0.508 e. The molecule has 0 heterocycles. The maximum atomic E-state index is 9.94. The van der Waals surface area contributed by atoms with Crippen molar-refractivity contribution in [2.45, 2.75) is 33.7 Å². The molecule has 1 atom stereocenters. The van der Waals surface area contributed by atoms with Gasteiger partial charge in [-0.05, 0) is 37.6 Å². The number of phenols is 1. The van der Waals surface area contributed by atoms with E-state index in [1.54, 1.807) is 6.07 Å². The van der Waals surface area contributed by atoms with E-state index in [-0.39, 0.29) is 6.04 Å². The topological polar surface area (TPSA) is 23.5 Å². The van der Waals surface area contributed by atoms with Crippen molar-refractivity contribution in [2.75, 3.05) is 13.1 Å². The van der Waals surface area contributed by atoms with Crippen LogP contribution in [0.4, 0.5) is 0 Å². The Morgan fingerprint density at radius 3 is 2.47 bits per heavy atom. The molecule has 0 saturated heterocycles. The summed E-state index contributed by atoms with van der Waals surface area (Å²) in [7, 11) is 0. The fourth-order valence-corrected chi connectivity index (χ4v) is 2.47. The number of hydrogen-bond acceptors (Lipinski definition) is 2. The summed E-state index contributed by atoms with van der Waals surface area (Å²) in [6.07, 6.45) is 0. The largest absolute Gasteiger partial charge is 0.508 e. The van der Waals surface area contributed by atoms with E-state index < -0.39 is 0 Å². The van der Waals surface area contributed by atoms with Gasteiger partial charge in [0.2, 0.25) is 0 Å². The zero-order valence-electron chi connectivity index (χ0n) is 11.1. The predicted octanol–water partition coefficient (Wildman–Crippen LogP) is 4.19. The van der Waals surface area contributed by atoms with Crippen molar-refractivity contribution >= 4 is 15.9 Å². The van der Waals surface area contributed by atoms with Gasteiger partial charge in [0.25, 0.3) is 0 Å². The van der Waals surface area contributed by atoms with Crippen LogP contribution in [-0.4, -0.2) is 23.1 Å². The van der Waals surface area contributed by atoms with Gasteiger partial charge in [-0.15, -0.1) is 0 Å². The summed E-state index contributed by atoms with van der Waals surface area (Å²) >= 11 is 3.46. The lowest BCUT2D eigenvalue weighted by Gasteiger charge is -2.30. The highest BCUT2D eigenvalue weighted by Gasteiger charge is 2.18. The molecule has 17 heavy (non-hydrogen) atoms. The average Bonchev–Trinajstić information content (AvgIpc) is 2.28. The first-order valence-electron chi connectivity index (χ1n) is 6.18. The first kappa shape index (κ1) is 14.5. The number of halogens is 1. The molecule has 96 valence electrons. The molecule has 1 rings (SSSR count). The van der Waals surface area contributed by atoms with Gasteiger partial charge in [0.1, 0.15) is 5.75 Å². The zero-order chi connectivity index (χ0) is 13.0. The average molecular weight is 300 g/mol. The van der Waals surface area contributed by atoms with Crippen LogP contribution in [0.25, 0.3) is 0 Å². The number of benzene rings is 1. The summed E-state index contributed by atoms with van der Waals surface area (Å²) in [5.41, 5.74) is 0.988. The summed E-state index contributed by atoms with van der Waals surface area (Å²) in [5, 5.41) is 9.94. The lowest BCUT2D eigenvalue weighted by Crippen LogP contribution is -2.30. The Hall–Kier alpha value is -0.540. The van der Waals surface area contributed by atoms with Crippen LogP contribution < -0.4 is 0 Å². The van der Waals surface area contributed by atoms with Crippen LogP contribution in [0.1, 0.15) is 39.3 Å². The fraction of sp³-hybridized carbons (Fsp3) is 0.571. The maximum absolute atomic E-state index is 9.94. The lowest BCUT2D eigenvalue weighted by molar-refractivity contribution is 0.194. The monoisotopic (exact) mass is 299 g/mol. The molecule has 1 aromatic carbocycles. The van der Waals surface area contributed by atoms with Gasteiger partial charge in [0.05, 0.1) is 0 Å². The number of rotatable bonds is 5. The van der Waals surface area contributed by atoms with E-state index in [2.05, 4.69) is 48.5 Å². The first-order chi connectivity index (χ1) is 7.95. The zero-order valence-corrected chi connectivity index (χ0v) is 12.7. The van der Waals surface area contributed by atoms with E-state index in [1.807, 2.05) is 12.1 Å². The molecule has 0 aliphatic carbocycles.